The minimum atomic E-state index is 0.370. The Kier molecular flexibility index (Phi) is 3.99. The van der Waals surface area contributed by atoms with Crippen molar-refractivity contribution in [1.29, 1.82) is 0 Å². The number of aryl methyl sites for hydroxylation is 1. The molecular formula is C14H21N3O. The van der Waals surface area contributed by atoms with E-state index in [1.807, 2.05) is 0 Å². The molecule has 0 unspecified atom stereocenters. The zero-order chi connectivity index (χ0) is 13.1. The molecule has 4 nitrogen and oxygen atoms in total. The molecule has 1 aromatic heterocycles. The Morgan fingerprint density at radius 2 is 2.17 bits per heavy atom. The minimum absolute atomic E-state index is 0.370. The summed E-state index contributed by atoms with van der Waals surface area (Å²) >= 11 is 0. The lowest BCUT2D eigenvalue weighted by atomic mass is 10.2. The third kappa shape index (κ3) is 2.54. The van der Waals surface area contributed by atoms with Gasteiger partial charge in [-0.15, -0.1) is 0 Å². The molecule has 0 amide bonds. The molecule has 0 saturated carbocycles. The molecule has 0 radical (unpaired) electrons. The molecule has 0 aliphatic carbocycles. The maximum Gasteiger partial charge on any atom is 0.136 e. The highest BCUT2D eigenvalue weighted by molar-refractivity contribution is 5.77. The predicted molar refractivity (Wildman–Crippen MR) is 73.6 cm³/mol. The molecule has 98 valence electrons. The van der Waals surface area contributed by atoms with Crippen molar-refractivity contribution in [3.05, 3.63) is 29.6 Å². The summed E-state index contributed by atoms with van der Waals surface area (Å²) in [5, 5.41) is 0. The number of benzene rings is 1. The van der Waals surface area contributed by atoms with Gasteiger partial charge in [-0.1, -0.05) is 6.07 Å². The normalized spacial score (nSPS) is 11.6. The van der Waals surface area contributed by atoms with Gasteiger partial charge in [0.15, 0.2) is 0 Å². The quantitative estimate of drug-likeness (QED) is 0.825. The molecule has 18 heavy (non-hydrogen) atoms. The van der Waals surface area contributed by atoms with E-state index < -0.39 is 0 Å². The number of nitrogens with two attached hydrogens (primary N) is 1. The van der Waals surface area contributed by atoms with E-state index in [4.69, 9.17) is 10.5 Å². The Hall–Kier alpha value is -1.39. The summed E-state index contributed by atoms with van der Waals surface area (Å²) in [7, 11) is 0. The van der Waals surface area contributed by atoms with Gasteiger partial charge >= 0.3 is 0 Å². The molecule has 2 N–H and O–H groups in total. The molecule has 0 aliphatic heterocycles. The summed E-state index contributed by atoms with van der Waals surface area (Å²) in [5.74, 6) is 0.971. The van der Waals surface area contributed by atoms with Crippen LogP contribution in [0.25, 0.3) is 11.0 Å². The van der Waals surface area contributed by atoms with Crippen LogP contribution in [0.5, 0.6) is 0 Å². The van der Waals surface area contributed by atoms with Crippen molar-refractivity contribution in [2.75, 3.05) is 13.2 Å². The van der Waals surface area contributed by atoms with Crippen LogP contribution >= 0.6 is 0 Å². The maximum atomic E-state index is 5.51. The maximum absolute atomic E-state index is 5.51. The smallest absolute Gasteiger partial charge is 0.136 e. The summed E-state index contributed by atoms with van der Waals surface area (Å²) in [6.45, 7) is 8.03. The van der Waals surface area contributed by atoms with E-state index in [9.17, 15) is 0 Å². The molecule has 1 aromatic carbocycles. The van der Waals surface area contributed by atoms with Crippen molar-refractivity contribution >= 4 is 11.0 Å². The molecule has 1 heterocycles. The average Bonchev–Trinajstić information content (AvgIpc) is 2.66. The van der Waals surface area contributed by atoms with E-state index >= 15 is 0 Å². The van der Waals surface area contributed by atoms with Crippen LogP contribution in [0, 0.1) is 6.92 Å². The van der Waals surface area contributed by atoms with Gasteiger partial charge < -0.3 is 15.0 Å². The van der Waals surface area contributed by atoms with E-state index in [1.54, 1.807) is 0 Å². The highest BCUT2D eigenvalue weighted by Crippen LogP contribution is 2.22. The largest absolute Gasteiger partial charge is 0.372 e. The lowest BCUT2D eigenvalue weighted by Crippen LogP contribution is -2.12. The Bertz CT molecular complexity index is 531. The van der Waals surface area contributed by atoms with Gasteiger partial charge in [-0.3, -0.25) is 0 Å². The van der Waals surface area contributed by atoms with Gasteiger partial charge in [0.05, 0.1) is 17.6 Å². The molecule has 0 atom stereocenters. The highest BCUT2D eigenvalue weighted by atomic mass is 16.5. The van der Waals surface area contributed by atoms with Gasteiger partial charge in [-0.05, 0) is 38.5 Å². The predicted octanol–water partition coefficient (Wildman–Crippen LogP) is 2.40. The van der Waals surface area contributed by atoms with E-state index in [2.05, 4.69) is 48.5 Å². The first kappa shape index (κ1) is 13.1. The second-order valence-corrected chi connectivity index (χ2v) is 4.83. The van der Waals surface area contributed by atoms with Gasteiger partial charge in [0, 0.05) is 12.6 Å². The minimum Gasteiger partial charge on any atom is -0.372 e. The molecule has 0 saturated heterocycles. The number of hydrogen-bond acceptors (Lipinski definition) is 3. The number of fused-ring (bicyclic) bond motifs is 1. The summed E-state index contributed by atoms with van der Waals surface area (Å²) < 4.78 is 7.74. The third-order valence-electron chi connectivity index (χ3n) is 2.93. The van der Waals surface area contributed by atoms with Crippen LogP contribution in [0.2, 0.25) is 0 Å². The Morgan fingerprint density at radius 1 is 1.39 bits per heavy atom. The highest BCUT2D eigenvalue weighted by Gasteiger charge is 2.13. The van der Waals surface area contributed by atoms with Gasteiger partial charge in [-0.25, -0.2) is 4.98 Å². The van der Waals surface area contributed by atoms with Crippen LogP contribution in [0.3, 0.4) is 0 Å². The van der Waals surface area contributed by atoms with Gasteiger partial charge in [-0.2, -0.15) is 0 Å². The fourth-order valence-electron chi connectivity index (χ4n) is 2.18. The van der Waals surface area contributed by atoms with Gasteiger partial charge in [0.25, 0.3) is 0 Å². The summed E-state index contributed by atoms with van der Waals surface area (Å²) in [6.07, 6.45) is 0. The van der Waals surface area contributed by atoms with Crippen molar-refractivity contribution in [2.24, 2.45) is 5.73 Å². The van der Waals surface area contributed by atoms with Crippen molar-refractivity contribution in [3.63, 3.8) is 0 Å². The average molecular weight is 247 g/mol. The van der Waals surface area contributed by atoms with E-state index in [0.717, 1.165) is 11.3 Å². The van der Waals surface area contributed by atoms with Crippen molar-refractivity contribution < 1.29 is 4.74 Å². The summed E-state index contributed by atoms with van der Waals surface area (Å²) in [6, 6.07) is 6.73. The van der Waals surface area contributed by atoms with Crippen molar-refractivity contribution in [1.82, 2.24) is 9.55 Å². The van der Waals surface area contributed by atoms with Crippen LogP contribution in [0.1, 0.15) is 31.3 Å². The molecule has 2 aromatic rings. The zero-order valence-electron chi connectivity index (χ0n) is 11.3. The SMILES string of the molecule is Cc1ccc2c(c1)nc(COCCN)n2C(C)C. The van der Waals surface area contributed by atoms with E-state index in [-0.39, 0.29) is 0 Å². The molecule has 0 fully saturated rings. The van der Waals surface area contributed by atoms with Crippen molar-refractivity contribution in [2.45, 2.75) is 33.4 Å². The molecule has 4 heteroatoms. The number of ether oxygens (including phenoxy) is 1. The first-order valence-corrected chi connectivity index (χ1v) is 6.38. The Morgan fingerprint density at radius 3 is 2.83 bits per heavy atom. The topological polar surface area (TPSA) is 53.1 Å². The summed E-state index contributed by atoms with van der Waals surface area (Å²) in [4.78, 5) is 4.66. The zero-order valence-corrected chi connectivity index (χ0v) is 11.3. The molecule has 0 bridgehead atoms. The van der Waals surface area contributed by atoms with Crippen LogP contribution in [0.15, 0.2) is 18.2 Å². The molecular weight excluding hydrogens is 226 g/mol. The molecule has 0 spiro atoms. The standard InChI is InChI=1S/C14H21N3O/c1-10(2)17-13-5-4-11(3)8-12(13)16-14(17)9-18-7-6-15/h4-5,8,10H,6-7,9,15H2,1-3H3. The molecule has 0 aliphatic rings. The van der Waals surface area contributed by atoms with Crippen LogP contribution < -0.4 is 5.73 Å². The van der Waals surface area contributed by atoms with Crippen LogP contribution in [-0.4, -0.2) is 22.7 Å². The van der Waals surface area contributed by atoms with Gasteiger partial charge in [0.2, 0.25) is 0 Å². The fraction of sp³-hybridized carbons (Fsp3) is 0.500. The number of hydrogen-bond donors (Lipinski definition) is 1. The number of nitrogens with zero attached hydrogens (tertiary/aromatic N) is 2. The van der Waals surface area contributed by atoms with Crippen molar-refractivity contribution in [3.8, 4) is 0 Å². The second-order valence-electron chi connectivity index (χ2n) is 4.83. The van der Waals surface area contributed by atoms with E-state index in [0.29, 0.717) is 25.8 Å². The first-order chi connectivity index (χ1) is 8.63. The monoisotopic (exact) mass is 247 g/mol. The number of rotatable bonds is 5. The molecule has 2 rings (SSSR count). The van der Waals surface area contributed by atoms with Gasteiger partial charge in [0.1, 0.15) is 12.4 Å². The van der Waals surface area contributed by atoms with Crippen LogP contribution in [-0.2, 0) is 11.3 Å². The second kappa shape index (κ2) is 5.50. The fourth-order valence-corrected chi connectivity index (χ4v) is 2.18. The number of aromatic nitrogens is 2. The third-order valence-corrected chi connectivity index (χ3v) is 2.93. The number of imidazole rings is 1. The Labute approximate surface area is 108 Å². The van der Waals surface area contributed by atoms with Crippen LogP contribution in [0.4, 0.5) is 0 Å². The summed E-state index contributed by atoms with van der Waals surface area (Å²) in [5.41, 5.74) is 8.87. The van der Waals surface area contributed by atoms with E-state index in [1.165, 1.54) is 11.1 Å². The first-order valence-electron chi connectivity index (χ1n) is 6.38. The Balaban J connectivity index is 2.41. The lowest BCUT2D eigenvalue weighted by Gasteiger charge is -2.13. The lowest BCUT2D eigenvalue weighted by molar-refractivity contribution is 0.119.